The lowest BCUT2D eigenvalue weighted by Gasteiger charge is -2.10. The molecule has 0 aliphatic carbocycles. The molecule has 0 saturated carbocycles. The summed E-state index contributed by atoms with van der Waals surface area (Å²) in [7, 11) is 1.59. The van der Waals surface area contributed by atoms with Crippen molar-refractivity contribution in [2.24, 2.45) is 5.73 Å². The number of nitrogens with two attached hydrogens (primary N) is 1. The molecule has 0 aliphatic rings. The van der Waals surface area contributed by atoms with Crippen LogP contribution in [-0.2, 0) is 0 Å². The molecule has 0 atom stereocenters. The molecule has 5 N–H and O–H groups in total. The van der Waals surface area contributed by atoms with E-state index in [-0.39, 0.29) is 5.95 Å². The highest BCUT2D eigenvalue weighted by atomic mass is 16.5. The number of carbonyl (C=O) groups excluding carboxylic acids is 1. The first-order valence-corrected chi connectivity index (χ1v) is 8.12. The minimum atomic E-state index is -0.412. The van der Waals surface area contributed by atoms with Gasteiger partial charge in [0.25, 0.3) is 0 Å². The molecule has 2 amide bonds. The second kappa shape index (κ2) is 9.43. The van der Waals surface area contributed by atoms with E-state index in [1.807, 2.05) is 13.0 Å². The van der Waals surface area contributed by atoms with E-state index in [2.05, 4.69) is 25.9 Å². The van der Waals surface area contributed by atoms with Crippen LogP contribution in [-0.4, -0.2) is 36.2 Å². The first kappa shape index (κ1) is 18.5. The van der Waals surface area contributed by atoms with E-state index in [1.165, 1.54) is 0 Å². The third-order valence-corrected chi connectivity index (χ3v) is 3.36. The highest BCUT2D eigenvalue weighted by Crippen LogP contribution is 2.15. The third-order valence-electron chi connectivity index (χ3n) is 3.36. The van der Waals surface area contributed by atoms with E-state index < -0.39 is 6.03 Å². The maximum atomic E-state index is 12.1. The van der Waals surface area contributed by atoms with Crippen LogP contribution in [0.4, 0.5) is 22.2 Å². The fraction of sp³-hybridized carbons (Fsp3) is 0.353. The summed E-state index contributed by atoms with van der Waals surface area (Å²) in [4.78, 5) is 20.6. The van der Waals surface area contributed by atoms with Crippen molar-refractivity contribution in [3.63, 3.8) is 0 Å². The molecular weight excluding hydrogens is 320 g/mol. The van der Waals surface area contributed by atoms with Gasteiger partial charge in [0.2, 0.25) is 5.95 Å². The maximum Gasteiger partial charge on any atom is 0.326 e. The van der Waals surface area contributed by atoms with Gasteiger partial charge in [0.15, 0.2) is 0 Å². The van der Waals surface area contributed by atoms with Gasteiger partial charge in [0.1, 0.15) is 11.6 Å². The quantitative estimate of drug-likeness (QED) is 0.547. The number of ether oxygens (including phenoxy) is 1. The molecule has 1 aromatic carbocycles. The van der Waals surface area contributed by atoms with Crippen molar-refractivity contribution in [3.05, 3.63) is 36.0 Å². The van der Waals surface area contributed by atoms with E-state index in [1.54, 1.807) is 31.4 Å². The molecule has 2 aromatic rings. The lowest BCUT2D eigenvalue weighted by molar-refractivity contribution is 0.262. The summed E-state index contributed by atoms with van der Waals surface area (Å²) in [6.45, 7) is 3.28. The van der Waals surface area contributed by atoms with Crippen LogP contribution >= 0.6 is 0 Å². The Morgan fingerprint density at radius 2 is 1.92 bits per heavy atom. The molecule has 0 radical (unpaired) electrons. The van der Waals surface area contributed by atoms with Crippen LogP contribution in [0.25, 0.3) is 0 Å². The predicted octanol–water partition coefficient (Wildman–Crippen LogP) is 2.59. The molecular formula is C17H24N6O2. The number of rotatable bonds is 8. The molecule has 0 unspecified atom stereocenters. The first-order chi connectivity index (χ1) is 12.1. The number of unbranched alkanes of at least 4 members (excludes halogenated alkanes) is 1. The summed E-state index contributed by atoms with van der Waals surface area (Å²) in [5.41, 5.74) is 6.88. The van der Waals surface area contributed by atoms with Gasteiger partial charge in [-0.05, 0) is 50.6 Å². The van der Waals surface area contributed by atoms with Gasteiger partial charge in [-0.25, -0.2) is 9.78 Å². The molecule has 25 heavy (non-hydrogen) atoms. The summed E-state index contributed by atoms with van der Waals surface area (Å²) in [5.74, 6) is 1.63. The van der Waals surface area contributed by atoms with Crippen LogP contribution in [0.15, 0.2) is 30.3 Å². The number of aryl methyl sites for hydroxylation is 1. The van der Waals surface area contributed by atoms with E-state index in [0.29, 0.717) is 18.1 Å². The lowest BCUT2D eigenvalue weighted by Crippen LogP contribution is -2.21. The predicted molar refractivity (Wildman–Crippen MR) is 99.2 cm³/mol. The van der Waals surface area contributed by atoms with Crippen LogP contribution < -0.4 is 26.4 Å². The van der Waals surface area contributed by atoms with Crippen molar-refractivity contribution < 1.29 is 9.53 Å². The Hall–Kier alpha value is -2.87. The average Bonchev–Trinajstić information content (AvgIpc) is 2.59. The van der Waals surface area contributed by atoms with Crippen LogP contribution in [0.2, 0.25) is 0 Å². The lowest BCUT2D eigenvalue weighted by atomic mass is 10.3. The maximum absolute atomic E-state index is 12.1. The highest BCUT2D eigenvalue weighted by Gasteiger charge is 2.07. The third kappa shape index (κ3) is 6.27. The van der Waals surface area contributed by atoms with Gasteiger partial charge in [-0.15, -0.1) is 0 Å². The SMILES string of the molecule is COc1ccc(NC(=O)Nc2nc(C)cc(NCCCCN)n2)cc1. The zero-order valence-electron chi connectivity index (χ0n) is 14.5. The number of urea groups is 1. The molecule has 0 spiro atoms. The topological polar surface area (TPSA) is 114 Å². The number of nitrogens with zero attached hydrogens (tertiary/aromatic N) is 2. The Labute approximate surface area is 147 Å². The van der Waals surface area contributed by atoms with Crippen molar-refractivity contribution >= 4 is 23.5 Å². The van der Waals surface area contributed by atoms with Crippen LogP contribution in [0.3, 0.4) is 0 Å². The molecule has 1 aromatic heterocycles. The number of hydrogen-bond donors (Lipinski definition) is 4. The van der Waals surface area contributed by atoms with E-state index in [4.69, 9.17) is 10.5 Å². The minimum absolute atomic E-state index is 0.243. The largest absolute Gasteiger partial charge is 0.497 e. The molecule has 8 nitrogen and oxygen atoms in total. The van der Waals surface area contributed by atoms with Gasteiger partial charge < -0.3 is 21.1 Å². The molecule has 134 valence electrons. The number of aromatic nitrogens is 2. The summed E-state index contributed by atoms with van der Waals surface area (Å²) < 4.78 is 5.08. The van der Waals surface area contributed by atoms with Gasteiger partial charge in [-0.2, -0.15) is 4.98 Å². The van der Waals surface area contributed by atoms with E-state index >= 15 is 0 Å². The normalized spacial score (nSPS) is 10.2. The molecule has 0 saturated heterocycles. The van der Waals surface area contributed by atoms with Gasteiger partial charge >= 0.3 is 6.03 Å². The van der Waals surface area contributed by atoms with Crippen molar-refractivity contribution in [1.82, 2.24) is 9.97 Å². The summed E-state index contributed by atoms with van der Waals surface area (Å²) in [6.07, 6.45) is 1.91. The number of hydrogen-bond acceptors (Lipinski definition) is 6. The van der Waals surface area contributed by atoms with Crippen LogP contribution in [0.5, 0.6) is 5.75 Å². The zero-order valence-corrected chi connectivity index (χ0v) is 14.5. The van der Waals surface area contributed by atoms with Crippen molar-refractivity contribution in [2.75, 3.05) is 36.1 Å². The molecule has 2 rings (SSSR count). The Morgan fingerprint density at radius 3 is 2.60 bits per heavy atom. The van der Waals surface area contributed by atoms with Crippen molar-refractivity contribution in [2.45, 2.75) is 19.8 Å². The second-order valence-corrected chi connectivity index (χ2v) is 5.45. The summed E-state index contributed by atoms with van der Waals surface area (Å²) >= 11 is 0. The minimum Gasteiger partial charge on any atom is -0.497 e. The Balaban J connectivity index is 1.93. The van der Waals surface area contributed by atoms with E-state index in [9.17, 15) is 4.79 Å². The summed E-state index contributed by atoms with van der Waals surface area (Å²) in [5, 5.41) is 8.56. The Morgan fingerprint density at radius 1 is 1.16 bits per heavy atom. The fourth-order valence-corrected chi connectivity index (χ4v) is 2.14. The molecule has 0 fully saturated rings. The Kier molecular flexibility index (Phi) is 6.97. The van der Waals surface area contributed by atoms with Gasteiger partial charge in [0.05, 0.1) is 7.11 Å². The second-order valence-electron chi connectivity index (χ2n) is 5.45. The van der Waals surface area contributed by atoms with E-state index in [0.717, 1.165) is 30.8 Å². The van der Waals surface area contributed by atoms with Gasteiger partial charge in [-0.3, -0.25) is 5.32 Å². The standard InChI is InChI=1S/C17H24N6O2/c1-12-11-15(19-10-4-3-9-18)22-16(20-12)23-17(24)21-13-5-7-14(25-2)8-6-13/h5-8,11H,3-4,9-10,18H2,1-2H3,(H3,19,20,21,22,23,24). The Bertz CT molecular complexity index is 690. The highest BCUT2D eigenvalue weighted by molar-refractivity contribution is 5.98. The number of methoxy groups -OCH3 is 1. The number of carbonyl (C=O) groups is 1. The zero-order chi connectivity index (χ0) is 18.1. The number of amides is 2. The summed E-state index contributed by atoms with van der Waals surface area (Å²) in [6, 6.07) is 8.45. The van der Waals surface area contributed by atoms with Gasteiger partial charge in [0, 0.05) is 24.0 Å². The first-order valence-electron chi connectivity index (χ1n) is 8.12. The average molecular weight is 344 g/mol. The van der Waals surface area contributed by atoms with Crippen molar-refractivity contribution in [3.8, 4) is 5.75 Å². The van der Waals surface area contributed by atoms with Crippen LogP contribution in [0.1, 0.15) is 18.5 Å². The smallest absolute Gasteiger partial charge is 0.326 e. The van der Waals surface area contributed by atoms with Crippen molar-refractivity contribution in [1.29, 1.82) is 0 Å². The van der Waals surface area contributed by atoms with Gasteiger partial charge in [-0.1, -0.05) is 0 Å². The molecule has 1 heterocycles. The fourth-order valence-electron chi connectivity index (χ4n) is 2.14. The van der Waals surface area contributed by atoms with Crippen LogP contribution in [0, 0.1) is 6.92 Å². The molecule has 0 aliphatic heterocycles. The monoisotopic (exact) mass is 344 g/mol. The molecule has 0 bridgehead atoms. The number of nitrogens with one attached hydrogen (secondary N) is 3. The molecule has 8 heteroatoms. The number of benzene rings is 1. The number of anilines is 3.